The lowest BCUT2D eigenvalue weighted by Gasteiger charge is -2.15. The Kier molecular flexibility index (Phi) is 5.52. The van der Waals surface area contributed by atoms with Crippen molar-refractivity contribution >= 4 is 28.4 Å². The summed E-state index contributed by atoms with van der Waals surface area (Å²) < 4.78 is 2.69. The molecule has 0 radical (unpaired) electrons. The number of rotatable bonds is 7. The Labute approximate surface area is 173 Å². The number of nitrogens with one attached hydrogen (secondary N) is 1. The highest BCUT2D eigenvalue weighted by molar-refractivity contribution is 5.91. The average molecular weight is 410 g/mol. The van der Waals surface area contributed by atoms with Crippen molar-refractivity contribution in [3.05, 3.63) is 40.6 Å². The zero-order valence-corrected chi connectivity index (χ0v) is 17.3. The van der Waals surface area contributed by atoms with E-state index in [0.29, 0.717) is 37.4 Å². The fraction of sp³-hybridized carbons (Fsp3) is 0.476. The van der Waals surface area contributed by atoms with Gasteiger partial charge in [0.05, 0.1) is 5.52 Å². The number of para-hydroxylation sites is 1. The number of hydrogen-bond acceptors (Lipinski definition) is 5. The van der Waals surface area contributed by atoms with Crippen LogP contribution in [0.1, 0.15) is 44.9 Å². The summed E-state index contributed by atoms with van der Waals surface area (Å²) >= 11 is 0. The van der Waals surface area contributed by atoms with Crippen molar-refractivity contribution in [2.45, 2.75) is 45.6 Å². The minimum Gasteiger partial charge on any atom is -0.354 e. The Morgan fingerprint density at radius 3 is 2.77 bits per heavy atom. The van der Waals surface area contributed by atoms with Gasteiger partial charge in [0.1, 0.15) is 12.4 Å². The Morgan fingerprint density at radius 1 is 1.23 bits per heavy atom. The number of aromatic nitrogens is 4. The Balaban J connectivity index is 1.50. The molecule has 158 valence electrons. The van der Waals surface area contributed by atoms with Gasteiger partial charge in [0, 0.05) is 37.4 Å². The molecule has 1 aliphatic heterocycles. The van der Waals surface area contributed by atoms with Crippen molar-refractivity contribution in [3.63, 3.8) is 0 Å². The molecule has 1 N–H and O–H groups in total. The minimum atomic E-state index is -0.371. The SMILES string of the molecule is CC(C)c1nc2ccccc2c2nn(CC(=O)NCCCN3CCCC3=O)c(=O)n12. The van der Waals surface area contributed by atoms with E-state index in [2.05, 4.69) is 15.4 Å². The Bertz CT molecular complexity index is 1160. The van der Waals surface area contributed by atoms with Crippen LogP contribution in [0, 0.1) is 0 Å². The predicted molar refractivity (Wildman–Crippen MR) is 112 cm³/mol. The number of nitrogens with zero attached hydrogens (tertiary/aromatic N) is 5. The average Bonchev–Trinajstić information content (AvgIpc) is 3.28. The zero-order chi connectivity index (χ0) is 21.3. The van der Waals surface area contributed by atoms with E-state index in [0.717, 1.165) is 23.9 Å². The van der Waals surface area contributed by atoms with E-state index in [-0.39, 0.29) is 30.0 Å². The van der Waals surface area contributed by atoms with Gasteiger partial charge < -0.3 is 10.2 Å². The number of benzene rings is 1. The van der Waals surface area contributed by atoms with E-state index in [4.69, 9.17) is 0 Å². The third-order valence-corrected chi connectivity index (χ3v) is 5.36. The molecule has 9 heteroatoms. The third-order valence-electron chi connectivity index (χ3n) is 5.36. The maximum absolute atomic E-state index is 13.0. The molecule has 30 heavy (non-hydrogen) atoms. The summed E-state index contributed by atoms with van der Waals surface area (Å²) in [4.78, 5) is 43.4. The van der Waals surface area contributed by atoms with Crippen LogP contribution in [0.15, 0.2) is 29.1 Å². The van der Waals surface area contributed by atoms with Crippen LogP contribution in [0.3, 0.4) is 0 Å². The summed E-state index contributed by atoms with van der Waals surface area (Å²) in [6, 6.07) is 7.54. The van der Waals surface area contributed by atoms with Gasteiger partial charge in [0.25, 0.3) is 0 Å². The van der Waals surface area contributed by atoms with Gasteiger partial charge in [-0.1, -0.05) is 26.0 Å². The van der Waals surface area contributed by atoms with E-state index in [1.54, 1.807) is 0 Å². The first-order valence-electron chi connectivity index (χ1n) is 10.4. The largest absolute Gasteiger partial charge is 0.354 e. The Morgan fingerprint density at radius 2 is 2.03 bits per heavy atom. The molecule has 1 aliphatic rings. The van der Waals surface area contributed by atoms with Crippen molar-refractivity contribution in [1.29, 1.82) is 0 Å². The second kappa shape index (κ2) is 8.25. The molecule has 3 heterocycles. The first-order chi connectivity index (χ1) is 14.5. The highest BCUT2D eigenvalue weighted by Gasteiger charge is 2.20. The number of amides is 2. The van der Waals surface area contributed by atoms with Gasteiger partial charge in [-0.05, 0) is 25.0 Å². The first-order valence-corrected chi connectivity index (χ1v) is 10.4. The molecule has 2 amide bonds. The summed E-state index contributed by atoms with van der Waals surface area (Å²) in [5.41, 5.74) is 0.908. The third kappa shape index (κ3) is 3.79. The Hall–Kier alpha value is -3.23. The maximum atomic E-state index is 13.0. The van der Waals surface area contributed by atoms with Gasteiger partial charge in [-0.25, -0.2) is 18.9 Å². The molecule has 0 bridgehead atoms. The molecular weight excluding hydrogens is 384 g/mol. The van der Waals surface area contributed by atoms with Gasteiger partial charge >= 0.3 is 5.69 Å². The molecule has 1 aromatic carbocycles. The highest BCUT2D eigenvalue weighted by atomic mass is 16.2. The fourth-order valence-electron chi connectivity index (χ4n) is 3.84. The zero-order valence-electron chi connectivity index (χ0n) is 17.3. The van der Waals surface area contributed by atoms with Crippen LogP contribution < -0.4 is 11.0 Å². The normalized spacial score (nSPS) is 14.4. The summed E-state index contributed by atoms with van der Waals surface area (Å²) in [5.74, 6) is 0.543. The van der Waals surface area contributed by atoms with Crippen LogP contribution in [0.4, 0.5) is 0 Å². The quantitative estimate of drug-likeness (QED) is 0.592. The lowest BCUT2D eigenvalue weighted by atomic mass is 10.2. The van der Waals surface area contributed by atoms with Gasteiger partial charge in [-0.3, -0.25) is 9.59 Å². The predicted octanol–water partition coefficient (Wildman–Crippen LogP) is 1.30. The monoisotopic (exact) mass is 410 g/mol. The number of hydrogen-bond donors (Lipinski definition) is 1. The summed E-state index contributed by atoms with van der Waals surface area (Å²) in [5, 5.41) is 8.02. The molecule has 4 rings (SSSR count). The molecule has 0 atom stereocenters. The summed E-state index contributed by atoms with van der Waals surface area (Å²) in [6.45, 7) is 5.67. The summed E-state index contributed by atoms with van der Waals surface area (Å²) in [6.07, 6.45) is 2.21. The van der Waals surface area contributed by atoms with E-state index in [9.17, 15) is 14.4 Å². The lowest BCUT2D eigenvalue weighted by molar-refractivity contribution is -0.127. The molecule has 1 saturated heterocycles. The van der Waals surface area contributed by atoms with Gasteiger partial charge in [-0.2, -0.15) is 0 Å². The maximum Gasteiger partial charge on any atom is 0.352 e. The minimum absolute atomic E-state index is 0.0228. The first kappa shape index (κ1) is 20.1. The van der Waals surface area contributed by atoms with Gasteiger partial charge in [-0.15, -0.1) is 5.10 Å². The molecular formula is C21H26N6O3. The van der Waals surface area contributed by atoms with Crippen LogP contribution >= 0.6 is 0 Å². The van der Waals surface area contributed by atoms with E-state index in [1.165, 1.54) is 9.08 Å². The number of likely N-dealkylation sites (tertiary alicyclic amines) is 1. The van der Waals surface area contributed by atoms with Gasteiger partial charge in [0.15, 0.2) is 5.65 Å². The van der Waals surface area contributed by atoms with Crippen molar-refractivity contribution < 1.29 is 9.59 Å². The second-order valence-corrected chi connectivity index (χ2v) is 7.93. The fourth-order valence-corrected chi connectivity index (χ4v) is 3.84. The van der Waals surface area contributed by atoms with Crippen molar-refractivity contribution in [2.75, 3.05) is 19.6 Å². The van der Waals surface area contributed by atoms with Crippen molar-refractivity contribution in [1.82, 2.24) is 29.4 Å². The number of fused-ring (bicyclic) bond motifs is 3. The van der Waals surface area contributed by atoms with Crippen molar-refractivity contribution in [3.8, 4) is 0 Å². The standard InChI is InChI=1S/C21H26N6O3/c1-14(2)19-23-16-8-4-3-7-15(16)20-24-26(21(30)27(19)20)13-17(28)22-10-6-12-25-11-5-9-18(25)29/h3-4,7-8,14H,5-6,9-13H2,1-2H3,(H,22,28). The molecule has 2 aromatic heterocycles. The highest BCUT2D eigenvalue weighted by Crippen LogP contribution is 2.20. The molecule has 0 aliphatic carbocycles. The van der Waals surface area contributed by atoms with Crippen LogP contribution in [0.2, 0.25) is 0 Å². The smallest absolute Gasteiger partial charge is 0.352 e. The van der Waals surface area contributed by atoms with Gasteiger partial charge in [0.2, 0.25) is 11.8 Å². The molecule has 0 saturated carbocycles. The molecule has 0 spiro atoms. The van der Waals surface area contributed by atoms with Crippen molar-refractivity contribution in [2.24, 2.45) is 0 Å². The number of carbonyl (C=O) groups excluding carboxylic acids is 2. The molecule has 3 aromatic rings. The second-order valence-electron chi connectivity index (χ2n) is 7.93. The van der Waals surface area contributed by atoms with E-state index < -0.39 is 0 Å². The molecule has 9 nitrogen and oxygen atoms in total. The van der Waals surface area contributed by atoms with Crippen LogP contribution in [0.5, 0.6) is 0 Å². The van der Waals surface area contributed by atoms with Crippen LogP contribution in [-0.4, -0.2) is 55.5 Å². The molecule has 0 unspecified atom stereocenters. The lowest BCUT2D eigenvalue weighted by Crippen LogP contribution is -2.35. The van der Waals surface area contributed by atoms with E-state index in [1.807, 2.05) is 43.0 Å². The summed E-state index contributed by atoms with van der Waals surface area (Å²) in [7, 11) is 0. The topological polar surface area (TPSA) is 102 Å². The van der Waals surface area contributed by atoms with Crippen LogP contribution in [0.25, 0.3) is 16.6 Å². The number of carbonyl (C=O) groups is 2. The molecule has 1 fully saturated rings. The van der Waals surface area contributed by atoms with Crippen LogP contribution in [-0.2, 0) is 16.1 Å². The van der Waals surface area contributed by atoms with E-state index >= 15 is 0 Å².